The van der Waals surface area contributed by atoms with Crippen LogP contribution in [0, 0.1) is 0 Å². The third kappa shape index (κ3) is 4.00. The summed E-state index contributed by atoms with van der Waals surface area (Å²) in [6.45, 7) is 0. The average Bonchev–Trinajstić information content (AvgIpc) is 2.30. The highest BCUT2D eigenvalue weighted by molar-refractivity contribution is 5.85. The third-order valence-corrected chi connectivity index (χ3v) is 2.19. The molecule has 1 aromatic rings. The average molecular weight is 259 g/mol. The van der Waals surface area contributed by atoms with Gasteiger partial charge in [0.25, 0.3) is 5.91 Å². The number of carboxylic acid groups (broad SMARTS) is 1. The first-order chi connectivity index (χ1) is 8.40. The van der Waals surface area contributed by atoms with Crippen LogP contribution in [0.2, 0.25) is 0 Å². The van der Waals surface area contributed by atoms with Crippen molar-refractivity contribution in [3.8, 4) is 5.75 Å². The van der Waals surface area contributed by atoms with Gasteiger partial charge in [-0.1, -0.05) is 12.1 Å². The van der Waals surface area contributed by atoms with Crippen LogP contribution in [-0.2, 0) is 16.0 Å². The highest BCUT2D eigenvalue weighted by atomic mass is 19.3. The molecule has 1 aromatic carbocycles. The quantitative estimate of drug-likeness (QED) is 0.729. The van der Waals surface area contributed by atoms with E-state index in [1.807, 2.05) is 0 Å². The number of alkyl halides is 2. The lowest BCUT2D eigenvalue weighted by atomic mass is 10.1. The number of aliphatic carboxylic acids is 1. The zero-order valence-corrected chi connectivity index (χ0v) is 9.14. The lowest BCUT2D eigenvalue weighted by Crippen LogP contribution is -2.44. The predicted molar refractivity (Wildman–Crippen MR) is 57.4 cm³/mol. The number of carboxylic acids is 1. The molecule has 0 fully saturated rings. The Bertz CT molecular complexity index is 433. The monoisotopic (exact) mass is 259 g/mol. The van der Waals surface area contributed by atoms with Crippen molar-refractivity contribution in [2.45, 2.75) is 18.9 Å². The van der Waals surface area contributed by atoms with Gasteiger partial charge in [0.1, 0.15) is 11.8 Å². The van der Waals surface area contributed by atoms with Gasteiger partial charge in [0.2, 0.25) is 0 Å². The maximum atomic E-state index is 12.0. The highest BCUT2D eigenvalue weighted by Gasteiger charge is 2.24. The Morgan fingerprint density at radius 3 is 2.22 bits per heavy atom. The van der Waals surface area contributed by atoms with E-state index in [4.69, 9.17) is 10.2 Å². The van der Waals surface area contributed by atoms with Crippen LogP contribution in [0.25, 0.3) is 0 Å². The van der Waals surface area contributed by atoms with Crippen molar-refractivity contribution < 1.29 is 28.6 Å². The van der Waals surface area contributed by atoms with Crippen molar-refractivity contribution in [1.82, 2.24) is 5.32 Å². The van der Waals surface area contributed by atoms with Crippen molar-refractivity contribution >= 4 is 11.9 Å². The first kappa shape index (κ1) is 13.9. The second kappa shape index (κ2) is 5.95. The molecular weight excluding hydrogens is 248 g/mol. The normalized spacial score (nSPS) is 12.2. The molecular formula is C11H11F2NO4. The Kier molecular flexibility index (Phi) is 4.59. The largest absolute Gasteiger partial charge is 0.508 e. The van der Waals surface area contributed by atoms with Crippen molar-refractivity contribution in [3.05, 3.63) is 29.8 Å². The second-order valence-electron chi connectivity index (χ2n) is 3.57. The van der Waals surface area contributed by atoms with Crippen LogP contribution in [0.4, 0.5) is 8.78 Å². The van der Waals surface area contributed by atoms with Gasteiger partial charge >= 0.3 is 12.4 Å². The van der Waals surface area contributed by atoms with E-state index in [1.165, 1.54) is 24.3 Å². The Balaban J connectivity index is 2.72. The first-order valence-corrected chi connectivity index (χ1v) is 4.99. The van der Waals surface area contributed by atoms with Crippen LogP contribution < -0.4 is 5.32 Å². The van der Waals surface area contributed by atoms with E-state index in [0.29, 0.717) is 5.56 Å². The maximum Gasteiger partial charge on any atom is 0.326 e. The molecule has 0 aromatic heterocycles. The molecule has 0 heterocycles. The van der Waals surface area contributed by atoms with Gasteiger partial charge in [0.05, 0.1) is 0 Å². The van der Waals surface area contributed by atoms with Gasteiger partial charge in [-0.2, -0.15) is 8.78 Å². The number of hydrogen-bond donors (Lipinski definition) is 3. The fourth-order valence-corrected chi connectivity index (χ4v) is 1.30. The molecule has 3 N–H and O–H groups in total. The summed E-state index contributed by atoms with van der Waals surface area (Å²) in [4.78, 5) is 21.6. The summed E-state index contributed by atoms with van der Waals surface area (Å²) in [5.41, 5.74) is 0.495. The molecule has 0 saturated heterocycles. The number of rotatable bonds is 5. The number of phenols is 1. The number of carbonyl (C=O) groups excluding carboxylic acids is 1. The molecule has 1 atom stereocenters. The third-order valence-electron chi connectivity index (χ3n) is 2.19. The summed E-state index contributed by atoms with van der Waals surface area (Å²) in [6, 6.07) is 4.13. The standard InChI is InChI=1S/C11H11F2NO4/c12-9(13)10(16)14-8(11(17)18)5-6-1-3-7(15)4-2-6/h1-4,8-9,15H,5H2,(H,14,16)(H,17,18)/t8-/m1/s1. The number of phenolic OH excluding ortho intramolecular Hbond substituents is 1. The molecule has 0 aliphatic rings. The molecule has 0 bridgehead atoms. The molecule has 0 spiro atoms. The number of nitrogens with one attached hydrogen (secondary N) is 1. The SMILES string of the molecule is O=C(N[C@H](Cc1ccc(O)cc1)C(=O)O)C(F)F. The zero-order chi connectivity index (χ0) is 13.7. The van der Waals surface area contributed by atoms with Gasteiger partial charge < -0.3 is 15.5 Å². The molecule has 98 valence electrons. The topological polar surface area (TPSA) is 86.6 Å². The Labute approximate surface area is 101 Å². The number of halogens is 2. The van der Waals surface area contributed by atoms with E-state index in [0.717, 1.165) is 0 Å². The smallest absolute Gasteiger partial charge is 0.326 e. The Morgan fingerprint density at radius 1 is 1.22 bits per heavy atom. The van der Waals surface area contributed by atoms with Crippen LogP contribution in [0.1, 0.15) is 5.56 Å². The predicted octanol–water partition coefficient (Wildman–Crippen LogP) is 0.769. The molecule has 0 radical (unpaired) electrons. The van der Waals surface area contributed by atoms with E-state index in [1.54, 1.807) is 5.32 Å². The minimum Gasteiger partial charge on any atom is -0.508 e. The fraction of sp³-hybridized carbons (Fsp3) is 0.273. The lowest BCUT2D eigenvalue weighted by Gasteiger charge is -2.14. The molecule has 0 unspecified atom stereocenters. The van der Waals surface area contributed by atoms with Gasteiger partial charge in [-0.25, -0.2) is 4.79 Å². The molecule has 0 aliphatic carbocycles. The van der Waals surface area contributed by atoms with Crippen molar-refractivity contribution in [3.63, 3.8) is 0 Å². The van der Waals surface area contributed by atoms with Gasteiger partial charge in [-0.3, -0.25) is 4.79 Å². The highest BCUT2D eigenvalue weighted by Crippen LogP contribution is 2.11. The Morgan fingerprint density at radius 2 is 1.78 bits per heavy atom. The van der Waals surface area contributed by atoms with Crippen molar-refractivity contribution in [2.24, 2.45) is 0 Å². The van der Waals surface area contributed by atoms with Crippen LogP contribution >= 0.6 is 0 Å². The van der Waals surface area contributed by atoms with E-state index < -0.39 is 24.3 Å². The minimum absolute atomic E-state index is 0.00207. The molecule has 0 saturated carbocycles. The van der Waals surface area contributed by atoms with Crippen LogP contribution in [0.5, 0.6) is 5.75 Å². The summed E-state index contributed by atoms with van der Waals surface area (Å²) in [5, 5.41) is 19.6. The van der Waals surface area contributed by atoms with Gasteiger partial charge in [0, 0.05) is 6.42 Å². The van der Waals surface area contributed by atoms with Crippen LogP contribution in [0.15, 0.2) is 24.3 Å². The Hall–Kier alpha value is -2.18. The number of benzene rings is 1. The van der Waals surface area contributed by atoms with Crippen LogP contribution in [-0.4, -0.2) is 34.6 Å². The number of carbonyl (C=O) groups is 2. The molecule has 1 amide bonds. The molecule has 5 nitrogen and oxygen atoms in total. The second-order valence-corrected chi connectivity index (χ2v) is 3.57. The van der Waals surface area contributed by atoms with E-state index in [9.17, 15) is 18.4 Å². The number of hydrogen-bond acceptors (Lipinski definition) is 3. The van der Waals surface area contributed by atoms with Gasteiger partial charge in [-0.15, -0.1) is 0 Å². The van der Waals surface area contributed by atoms with E-state index >= 15 is 0 Å². The molecule has 1 rings (SSSR count). The first-order valence-electron chi connectivity index (χ1n) is 4.99. The summed E-state index contributed by atoms with van der Waals surface area (Å²) in [5.74, 6) is -3.03. The van der Waals surface area contributed by atoms with Gasteiger partial charge in [0.15, 0.2) is 0 Å². The fourth-order valence-electron chi connectivity index (χ4n) is 1.30. The maximum absolute atomic E-state index is 12.0. The lowest BCUT2D eigenvalue weighted by molar-refractivity contribution is -0.144. The van der Waals surface area contributed by atoms with E-state index in [-0.39, 0.29) is 12.2 Å². The molecule has 7 heteroatoms. The zero-order valence-electron chi connectivity index (χ0n) is 9.14. The summed E-state index contributed by atoms with van der Waals surface area (Å²) in [6.07, 6.45) is -3.40. The number of amides is 1. The molecule has 18 heavy (non-hydrogen) atoms. The van der Waals surface area contributed by atoms with Gasteiger partial charge in [-0.05, 0) is 17.7 Å². The molecule has 0 aliphatic heterocycles. The summed E-state index contributed by atoms with van der Waals surface area (Å²) in [7, 11) is 0. The van der Waals surface area contributed by atoms with Crippen LogP contribution in [0.3, 0.4) is 0 Å². The number of aromatic hydroxyl groups is 1. The van der Waals surface area contributed by atoms with Crippen molar-refractivity contribution in [1.29, 1.82) is 0 Å². The van der Waals surface area contributed by atoms with E-state index in [2.05, 4.69) is 0 Å². The summed E-state index contributed by atoms with van der Waals surface area (Å²) < 4.78 is 24.0. The van der Waals surface area contributed by atoms with Crippen molar-refractivity contribution in [2.75, 3.05) is 0 Å². The summed E-state index contributed by atoms with van der Waals surface area (Å²) >= 11 is 0. The minimum atomic E-state index is -3.26.